The van der Waals surface area contributed by atoms with Crippen LogP contribution in [0.15, 0.2) is 24.3 Å². The Balaban J connectivity index is 2.94. The SMILES string of the molecule is CCCCC(N)c1ccccc1C(F)(F)F. The lowest BCUT2D eigenvalue weighted by atomic mass is 9.97. The predicted octanol–water partition coefficient (Wildman–Crippen LogP) is 3.90. The molecule has 0 saturated carbocycles. The molecule has 0 saturated heterocycles. The molecule has 16 heavy (non-hydrogen) atoms. The second-order valence-electron chi connectivity index (χ2n) is 3.83. The summed E-state index contributed by atoms with van der Waals surface area (Å²) < 4.78 is 38.0. The van der Waals surface area contributed by atoms with Gasteiger partial charge in [0.05, 0.1) is 5.56 Å². The van der Waals surface area contributed by atoms with Gasteiger partial charge in [0.15, 0.2) is 0 Å². The van der Waals surface area contributed by atoms with Gasteiger partial charge in [-0.05, 0) is 18.1 Å². The van der Waals surface area contributed by atoms with Crippen LogP contribution in [0.3, 0.4) is 0 Å². The lowest BCUT2D eigenvalue weighted by molar-refractivity contribution is -0.138. The van der Waals surface area contributed by atoms with Gasteiger partial charge in [-0.15, -0.1) is 0 Å². The fourth-order valence-corrected chi connectivity index (χ4v) is 1.66. The monoisotopic (exact) mass is 231 g/mol. The maximum Gasteiger partial charge on any atom is 0.416 e. The first-order valence-corrected chi connectivity index (χ1v) is 5.38. The van der Waals surface area contributed by atoms with E-state index in [2.05, 4.69) is 0 Å². The zero-order valence-electron chi connectivity index (χ0n) is 9.22. The molecule has 0 aliphatic carbocycles. The number of nitrogens with two attached hydrogens (primary N) is 1. The minimum atomic E-state index is -4.32. The molecule has 0 bridgehead atoms. The zero-order chi connectivity index (χ0) is 12.2. The maximum absolute atomic E-state index is 12.7. The van der Waals surface area contributed by atoms with Gasteiger partial charge in [0, 0.05) is 6.04 Å². The van der Waals surface area contributed by atoms with E-state index in [0.717, 1.165) is 18.9 Å². The fourth-order valence-electron chi connectivity index (χ4n) is 1.66. The Morgan fingerprint density at radius 2 is 1.88 bits per heavy atom. The van der Waals surface area contributed by atoms with E-state index in [1.54, 1.807) is 6.07 Å². The van der Waals surface area contributed by atoms with E-state index in [-0.39, 0.29) is 5.56 Å². The van der Waals surface area contributed by atoms with E-state index in [9.17, 15) is 13.2 Å². The Kier molecular flexibility index (Phi) is 4.35. The van der Waals surface area contributed by atoms with Crippen LogP contribution in [0.1, 0.15) is 43.4 Å². The normalized spacial score (nSPS) is 13.8. The van der Waals surface area contributed by atoms with Gasteiger partial charge < -0.3 is 5.73 Å². The third-order valence-corrected chi connectivity index (χ3v) is 2.53. The van der Waals surface area contributed by atoms with Crippen LogP contribution in [-0.4, -0.2) is 0 Å². The summed E-state index contributed by atoms with van der Waals surface area (Å²) in [5.74, 6) is 0. The second kappa shape index (κ2) is 5.34. The number of benzene rings is 1. The van der Waals surface area contributed by atoms with Crippen molar-refractivity contribution in [1.82, 2.24) is 0 Å². The van der Waals surface area contributed by atoms with Crippen molar-refractivity contribution in [3.05, 3.63) is 35.4 Å². The molecule has 0 spiro atoms. The highest BCUT2D eigenvalue weighted by molar-refractivity contribution is 5.32. The van der Waals surface area contributed by atoms with Crippen molar-refractivity contribution in [3.8, 4) is 0 Å². The first kappa shape index (κ1) is 13.0. The summed E-state index contributed by atoms with van der Waals surface area (Å²) in [7, 11) is 0. The Morgan fingerprint density at radius 3 is 2.44 bits per heavy atom. The Morgan fingerprint density at radius 1 is 1.25 bits per heavy atom. The molecule has 90 valence electrons. The number of halogens is 3. The molecule has 1 rings (SSSR count). The fraction of sp³-hybridized carbons (Fsp3) is 0.500. The molecule has 0 heterocycles. The largest absolute Gasteiger partial charge is 0.416 e. The smallest absolute Gasteiger partial charge is 0.324 e. The lowest BCUT2D eigenvalue weighted by Crippen LogP contribution is -2.17. The van der Waals surface area contributed by atoms with Crippen LogP contribution in [0.25, 0.3) is 0 Å². The molecular formula is C12H16F3N. The minimum absolute atomic E-state index is 0.198. The van der Waals surface area contributed by atoms with Gasteiger partial charge >= 0.3 is 6.18 Å². The van der Waals surface area contributed by atoms with Crippen LogP contribution < -0.4 is 5.73 Å². The van der Waals surface area contributed by atoms with Crippen molar-refractivity contribution in [2.75, 3.05) is 0 Å². The van der Waals surface area contributed by atoms with Crippen LogP contribution in [0.4, 0.5) is 13.2 Å². The Bertz CT molecular complexity index is 333. The second-order valence-corrected chi connectivity index (χ2v) is 3.83. The average molecular weight is 231 g/mol. The van der Waals surface area contributed by atoms with Crippen LogP contribution in [0.5, 0.6) is 0 Å². The van der Waals surface area contributed by atoms with Crippen LogP contribution in [-0.2, 0) is 6.18 Å². The van der Waals surface area contributed by atoms with Crippen molar-refractivity contribution in [1.29, 1.82) is 0 Å². The van der Waals surface area contributed by atoms with Crippen molar-refractivity contribution in [2.24, 2.45) is 5.73 Å². The molecule has 0 aliphatic heterocycles. The van der Waals surface area contributed by atoms with E-state index in [0.29, 0.717) is 6.42 Å². The summed E-state index contributed by atoms with van der Waals surface area (Å²) in [5.41, 5.74) is 5.36. The van der Waals surface area contributed by atoms with Gasteiger partial charge in [-0.25, -0.2) is 0 Å². The van der Waals surface area contributed by atoms with Crippen molar-refractivity contribution in [3.63, 3.8) is 0 Å². The molecule has 1 aromatic rings. The molecule has 0 aromatic heterocycles. The summed E-state index contributed by atoms with van der Waals surface area (Å²) in [5, 5.41) is 0. The number of hydrogen-bond donors (Lipinski definition) is 1. The zero-order valence-corrected chi connectivity index (χ0v) is 9.22. The van der Waals surface area contributed by atoms with Crippen molar-refractivity contribution in [2.45, 2.75) is 38.4 Å². The standard InChI is InChI=1S/C12H16F3N/c1-2-3-8-11(16)9-6-4-5-7-10(9)12(13,14)15/h4-7,11H,2-3,8,16H2,1H3. The summed E-state index contributed by atoms with van der Waals surface area (Å²) >= 11 is 0. The number of hydrogen-bond acceptors (Lipinski definition) is 1. The first-order valence-electron chi connectivity index (χ1n) is 5.38. The van der Waals surface area contributed by atoms with E-state index < -0.39 is 17.8 Å². The van der Waals surface area contributed by atoms with Crippen molar-refractivity contribution >= 4 is 0 Å². The molecule has 0 radical (unpaired) electrons. The van der Waals surface area contributed by atoms with Crippen LogP contribution >= 0.6 is 0 Å². The third kappa shape index (κ3) is 3.23. The molecule has 2 N–H and O–H groups in total. The van der Waals surface area contributed by atoms with Gasteiger partial charge in [-0.1, -0.05) is 38.0 Å². The topological polar surface area (TPSA) is 26.0 Å². The Hall–Kier alpha value is -1.03. The van der Waals surface area contributed by atoms with Gasteiger partial charge in [-0.2, -0.15) is 13.2 Å². The minimum Gasteiger partial charge on any atom is -0.324 e. The summed E-state index contributed by atoms with van der Waals surface area (Å²) in [4.78, 5) is 0. The van der Waals surface area contributed by atoms with Gasteiger partial charge in [-0.3, -0.25) is 0 Å². The summed E-state index contributed by atoms with van der Waals surface area (Å²) in [6.45, 7) is 1.99. The highest BCUT2D eigenvalue weighted by Gasteiger charge is 2.33. The van der Waals surface area contributed by atoms with Gasteiger partial charge in [0.1, 0.15) is 0 Å². The first-order chi connectivity index (χ1) is 7.46. The third-order valence-electron chi connectivity index (χ3n) is 2.53. The van der Waals surface area contributed by atoms with E-state index in [4.69, 9.17) is 5.73 Å². The van der Waals surface area contributed by atoms with Crippen molar-refractivity contribution < 1.29 is 13.2 Å². The molecule has 1 nitrogen and oxygen atoms in total. The lowest BCUT2D eigenvalue weighted by Gasteiger charge is -2.17. The summed E-state index contributed by atoms with van der Waals surface area (Å²) in [6.07, 6.45) is -1.96. The molecule has 1 atom stereocenters. The molecule has 0 amide bonds. The van der Waals surface area contributed by atoms with Gasteiger partial charge in [0.2, 0.25) is 0 Å². The highest BCUT2D eigenvalue weighted by Crippen LogP contribution is 2.34. The molecule has 4 heteroatoms. The quantitative estimate of drug-likeness (QED) is 0.835. The Labute approximate surface area is 93.5 Å². The summed E-state index contributed by atoms with van der Waals surface area (Å²) in [6, 6.07) is 5.00. The number of alkyl halides is 3. The molecule has 1 aromatic carbocycles. The number of unbranched alkanes of at least 4 members (excludes halogenated alkanes) is 1. The average Bonchev–Trinajstić information content (AvgIpc) is 2.24. The van der Waals surface area contributed by atoms with Crippen LogP contribution in [0.2, 0.25) is 0 Å². The highest BCUT2D eigenvalue weighted by atomic mass is 19.4. The van der Waals surface area contributed by atoms with Gasteiger partial charge in [0.25, 0.3) is 0 Å². The molecule has 0 aliphatic rings. The molecule has 1 unspecified atom stereocenters. The van der Waals surface area contributed by atoms with E-state index >= 15 is 0 Å². The van der Waals surface area contributed by atoms with E-state index in [1.165, 1.54) is 12.1 Å². The number of rotatable bonds is 4. The predicted molar refractivity (Wildman–Crippen MR) is 57.9 cm³/mol. The maximum atomic E-state index is 12.7. The van der Waals surface area contributed by atoms with E-state index in [1.807, 2.05) is 6.92 Å². The molecule has 0 fully saturated rings. The van der Waals surface area contributed by atoms with Crippen LogP contribution in [0, 0.1) is 0 Å². The molecular weight excluding hydrogens is 215 g/mol.